The molecule has 1 aliphatic carbocycles. The maximum Gasteiger partial charge on any atom is 0.135 e. The second-order valence-electron chi connectivity index (χ2n) is 19.9. The van der Waals surface area contributed by atoms with Gasteiger partial charge in [-0.1, -0.05) is 218 Å². The lowest BCUT2D eigenvalue weighted by Crippen LogP contribution is -2.28. The number of furan rings is 1. The smallest absolute Gasteiger partial charge is 0.135 e. The van der Waals surface area contributed by atoms with Crippen LogP contribution in [0.4, 0.5) is 17.1 Å². The molecule has 0 bridgehead atoms. The number of hydrogen-bond donors (Lipinski definition) is 0. The minimum absolute atomic E-state index is 0.478. The van der Waals surface area contributed by atoms with Gasteiger partial charge >= 0.3 is 0 Å². The van der Waals surface area contributed by atoms with E-state index >= 15 is 0 Å². The number of benzene rings is 12. The molecule has 76 heavy (non-hydrogen) atoms. The standard InChI is InChI=1S/C73H47NOS/c1-3-17-55(18-4-1)73(56-19-5-2-6-20-56)67-26-10-7-21-61(67)65-47-59(42-43-68(65)73)74(57-38-33-49(34-39-57)48-29-31-50(32-30-48)53-37-44-70-66(46-53)62-22-8-11-27-69(62)75-70)58-40-35-51(36-41-58)52-15-13-16-54(45-52)60-24-14-25-64-63-23-9-12-28-71(63)76-72(60)64/h1-47H. The van der Waals surface area contributed by atoms with Gasteiger partial charge in [0.2, 0.25) is 0 Å². The largest absolute Gasteiger partial charge is 0.456 e. The second-order valence-corrected chi connectivity index (χ2v) is 21.0. The second kappa shape index (κ2) is 17.8. The van der Waals surface area contributed by atoms with Crippen molar-refractivity contribution in [1.82, 2.24) is 0 Å². The van der Waals surface area contributed by atoms with E-state index in [2.05, 4.69) is 278 Å². The van der Waals surface area contributed by atoms with Gasteiger partial charge in [-0.05, 0) is 145 Å². The summed E-state index contributed by atoms with van der Waals surface area (Å²) in [6, 6.07) is 105. The Morgan fingerprint density at radius 2 is 0.789 bits per heavy atom. The first kappa shape index (κ1) is 44.0. The third-order valence-corrected chi connectivity index (χ3v) is 17.0. The van der Waals surface area contributed by atoms with Crippen LogP contribution in [-0.2, 0) is 5.41 Å². The van der Waals surface area contributed by atoms with Crippen LogP contribution in [-0.4, -0.2) is 0 Å². The Morgan fingerprint density at radius 1 is 0.289 bits per heavy atom. The zero-order valence-electron chi connectivity index (χ0n) is 41.4. The van der Waals surface area contributed by atoms with E-state index in [-0.39, 0.29) is 0 Å². The van der Waals surface area contributed by atoms with Crippen LogP contribution in [0, 0.1) is 0 Å². The minimum Gasteiger partial charge on any atom is -0.456 e. The van der Waals surface area contributed by atoms with Crippen LogP contribution in [0.15, 0.2) is 290 Å². The average molecular weight is 986 g/mol. The third kappa shape index (κ3) is 7.08. The van der Waals surface area contributed by atoms with Crippen molar-refractivity contribution in [3.63, 3.8) is 0 Å². The van der Waals surface area contributed by atoms with E-state index in [0.29, 0.717) is 0 Å². The van der Waals surface area contributed by atoms with Gasteiger partial charge in [0.05, 0.1) is 5.41 Å². The van der Waals surface area contributed by atoms with E-state index in [4.69, 9.17) is 4.42 Å². The molecule has 1 aliphatic rings. The van der Waals surface area contributed by atoms with Crippen LogP contribution in [0.2, 0.25) is 0 Å². The van der Waals surface area contributed by atoms with Crippen molar-refractivity contribution >= 4 is 70.5 Å². The molecule has 2 aromatic heterocycles. The monoisotopic (exact) mass is 985 g/mol. The van der Waals surface area contributed by atoms with Crippen LogP contribution in [0.1, 0.15) is 22.3 Å². The van der Waals surface area contributed by atoms with Crippen molar-refractivity contribution in [2.45, 2.75) is 5.41 Å². The average Bonchev–Trinajstić information content (AvgIpc) is 4.31. The van der Waals surface area contributed by atoms with Gasteiger partial charge in [-0.15, -0.1) is 11.3 Å². The van der Waals surface area contributed by atoms with Crippen molar-refractivity contribution in [2.75, 3.05) is 4.90 Å². The summed E-state index contributed by atoms with van der Waals surface area (Å²) in [5, 5.41) is 4.91. The molecule has 15 rings (SSSR count). The molecule has 0 aliphatic heterocycles. The summed E-state index contributed by atoms with van der Waals surface area (Å²) in [7, 11) is 0. The fourth-order valence-electron chi connectivity index (χ4n) is 12.2. The molecular formula is C73H47NOS. The molecule has 0 saturated carbocycles. The van der Waals surface area contributed by atoms with Gasteiger partial charge in [0.15, 0.2) is 0 Å². The lowest BCUT2D eigenvalue weighted by atomic mass is 9.68. The summed E-state index contributed by atoms with van der Waals surface area (Å²) < 4.78 is 8.78. The summed E-state index contributed by atoms with van der Waals surface area (Å²) in [6.07, 6.45) is 0. The topological polar surface area (TPSA) is 16.4 Å². The molecule has 2 nitrogen and oxygen atoms in total. The van der Waals surface area contributed by atoms with Crippen LogP contribution < -0.4 is 4.90 Å². The zero-order chi connectivity index (χ0) is 50.2. The van der Waals surface area contributed by atoms with Crippen molar-refractivity contribution in [2.24, 2.45) is 0 Å². The molecule has 356 valence electrons. The van der Waals surface area contributed by atoms with Crippen molar-refractivity contribution in [1.29, 1.82) is 0 Å². The Hall–Kier alpha value is -9.54. The Bertz CT molecular complexity index is 4450. The van der Waals surface area contributed by atoms with E-state index < -0.39 is 5.41 Å². The summed E-state index contributed by atoms with van der Waals surface area (Å²) >= 11 is 1.88. The Kier molecular flexibility index (Phi) is 10.3. The molecule has 0 saturated heterocycles. The van der Waals surface area contributed by atoms with Gasteiger partial charge in [-0.25, -0.2) is 0 Å². The molecule has 0 unspecified atom stereocenters. The van der Waals surface area contributed by atoms with Crippen LogP contribution in [0.25, 0.3) is 97.7 Å². The molecule has 12 aromatic carbocycles. The SMILES string of the molecule is c1ccc(C2(c3ccccc3)c3ccccc3-c3cc(N(c4ccc(-c5ccc(-c6ccc7oc8ccccc8c7c6)cc5)cc4)c4ccc(-c5cccc(-c6cccc7c6sc6ccccc67)c5)cc4)ccc32)cc1. The zero-order valence-corrected chi connectivity index (χ0v) is 42.2. The van der Waals surface area contributed by atoms with Gasteiger partial charge < -0.3 is 9.32 Å². The van der Waals surface area contributed by atoms with Gasteiger partial charge in [0.1, 0.15) is 11.2 Å². The molecule has 0 fully saturated rings. The number of para-hydroxylation sites is 1. The van der Waals surface area contributed by atoms with Crippen molar-refractivity contribution in [3.8, 4) is 55.6 Å². The molecular weight excluding hydrogens is 939 g/mol. The van der Waals surface area contributed by atoms with Gasteiger partial charge in [0, 0.05) is 48.0 Å². The Morgan fingerprint density at radius 3 is 1.51 bits per heavy atom. The van der Waals surface area contributed by atoms with E-state index in [1.807, 2.05) is 23.5 Å². The number of nitrogens with zero attached hydrogens (tertiary/aromatic N) is 1. The summed E-state index contributed by atoms with van der Waals surface area (Å²) in [4.78, 5) is 2.42. The lowest BCUT2D eigenvalue weighted by molar-refractivity contribution is 0.669. The molecule has 0 amide bonds. The molecule has 3 heteroatoms. The number of rotatable bonds is 9. The number of thiophene rings is 1. The molecule has 0 radical (unpaired) electrons. The summed E-state index contributed by atoms with van der Waals surface area (Å²) in [5.41, 5.74) is 21.7. The van der Waals surface area contributed by atoms with Crippen LogP contribution in [0.5, 0.6) is 0 Å². The first-order valence-electron chi connectivity index (χ1n) is 26.0. The number of fused-ring (bicyclic) bond motifs is 9. The Labute approximate surface area is 445 Å². The molecule has 0 spiro atoms. The van der Waals surface area contributed by atoms with Gasteiger partial charge in [-0.3, -0.25) is 0 Å². The van der Waals surface area contributed by atoms with Gasteiger partial charge in [0.25, 0.3) is 0 Å². The number of hydrogen-bond acceptors (Lipinski definition) is 3. The fraction of sp³-hybridized carbons (Fsp3) is 0.0137. The molecule has 0 N–H and O–H groups in total. The predicted octanol–water partition coefficient (Wildman–Crippen LogP) is 20.5. The summed E-state index contributed by atoms with van der Waals surface area (Å²) in [6.45, 7) is 0. The van der Waals surface area contributed by atoms with Crippen molar-refractivity contribution < 1.29 is 4.42 Å². The first-order chi connectivity index (χ1) is 37.7. The maximum absolute atomic E-state index is 6.13. The van der Waals surface area contributed by atoms with E-state index in [9.17, 15) is 0 Å². The predicted molar refractivity (Wildman–Crippen MR) is 320 cm³/mol. The highest BCUT2D eigenvalue weighted by atomic mass is 32.1. The summed E-state index contributed by atoms with van der Waals surface area (Å²) in [5.74, 6) is 0. The van der Waals surface area contributed by atoms with E-state index in [1.54, 1.807) is 0 Å². The molecule has 2 heterocycles. The van der Waals surface area contributed by atoms with Crippen LogP contribution >= 0.6 is 11.3 Å². The van der Waals surface area contributed by atoms with Crippen LogP contribution in [0.3, 0.4) is 0 Å². The first-order valence-corrected chi connectivity index (χ1v) is 26.9. The fourth-order valence-corrected chi connectivity index (χ4v) is 13.5. The van der Waals surface area contributed by atoms with E-state index in [0.717, 1.165) is 44.6 Å². The highest BCUT2D eigenvalue weighted by Crippen LogP contribution is 2.57. The lowest BCUT2D eigenvalue weighted by Gasteiger charge is -2.34. The maximum atomic E-state index is 6.13. The number of anilines is 3. The molecule has 0 atom stereocenters. The Balaban J connectivity index is 0.822. The molecule has 14 aromatic rings. The van der Waals surface area contributed by atoms with E-state index in [1.165, 1.54) is 92.5 Å². The normalized spacial score (nSPS) is 12.6. The quantitative estimate of drug-likeness (QED) is 0.143. The highest BCUT2D eigenvalue weighted by molar-refractivity contribution is 7.26. The van der Waals surface area contributed by atoms with Crippen molar-refractivity contribution in [3.05, 3.63) is 307 Å². The minimum atomic E-state index is -0.478. The highest BCUT2D eigenvalue weighted by Gasteiger charge is 2.46. The van der Waals surface area contributed by atoms with Gasteiger partial charge in [-0.2, -0.15) is 0 Å². The third-order valence-electron chi connectivity index (χ3n) is 15.8.